The highest BCUT2D eigenvalue weighted by Crippen LogP contribution is 2.25. The summed E-state index contributed by atoms with van der Waals surface area (Å²) in [5, 5.41) is 0. The molecule has 0 aromatic heterocycles. The van der Waals surface area contributed by atoms with Crippen molar-refractivity contribution in [3.63, 3.8) is 0 Å². The normalized spacial score (nSPS) is 13.0. The Labute approximate surface area is 131 Å². The summed E-state index contributed by atoms with van der Waals surface area (Å²) in [7, 11) is 0. The van der Waals surface area contributed by atoms with Crippen LogP contribution < -0.4 is 10.6 Å². The number of aryl methyl sites for hydroxylation is 1. The van der Waals surface area contributed by atoms with Gasteiger partial charge in [0.05, 0.1) is 0 Å². The third-order valence-electron chi connectivity index (χ3n) is 3.75. The number of hydrogen-bond donors (Lipinski definition) is 1. The maximum absolute atomic E-state index is 6.21. The Morgan fingerprint density at radius 3 is 2.10 bits per heavy atom. The fraction of sp³-hybridized carbons (Fsp3) is 0.684. The standard InChI is InChI=1S/C19H34N2/c1-7-18(20)11-17-10-16(6)8-9-19(17)21(12-14(2)3)13-15(4)5/h8-10,14-15,18H,7,11-13,20H2,1-6H3. The van der Waals surface area contributed by atoms with Crippen molar-refractivity contribution < 1.29 is 0 Å². The van der Waals surface area contributed by atoms with Crippen LogP contribution in [0.5, 0.6) is 0 Å². The average molecular weight is 290 g/mol. The van der Waals surface area contributed by atoms with Crippen LogP contribution in [-0.2, 0) is 6.42 Å². The van der Waals surface area contributed by atoms with Gasteiger partial charge in [0.25, 0.3) is 0 Å². The van der Waals surface area contributed by atoms with E-state index in [1.54, 1.807) is 0 Å². The Hall–Kier alpha value is -1.02. The predicted octanol–water partition coefficient (Wildman–Crippen LogP) is 4.39. The van der Waals surface area contributed by atoms with E-state index in [4.69, 9.17) is 5.73 Å². The third kappa shape index (κ3) is 6.09. The SMILES string of the molecule is CCC(N)Cc1cc(C)ccc1N(CC(C)C)CC(C)C. The third-order valence-corrected chi connectivity index (χ3v) is 3.75. The van der Waals surface area contributed by atoms with Gasteiger partial charge in [-0.25, -0.2) is 0 Å². The second kappa shape index (κ2) is 8.43. The van der Waals surface area contributed by atoms with Crippen LogP contribution in [0.2, 0.25) is 0 Å². The van der Waals surface area contributed by atoms with Crippen LogP contribution in [0.1, 0.15) is 52.2 Å². The Morgan fingerprint density at radius 2 is 1.62 bits per heavy atom. The molecule has 21 heavy (non-hydrogen) atoms. The smallest absolute Gasteiger partial charge is 0.0399 e. The average Bonchev–Trinajstić information content (AvgIpc) is 2.36. The fourth-order valence-electron chi connectivity index (χ4n) is 2.77. The molecule has 1 rings (SSSR count). The summed E-state index contributed by atoms with van der Waals surface area (Å²) in [6.07, 6.45) is 2.00. The zero-order chi connectivity index (χ0) is 16.0. The summed E-state index contributed by atoms with van der Waals surface area (Å²) >= 11 is 0. The van der Waals surface area contributed by atoms with Crippen LogP contribution in [0, 0.1) is 18.8 Å². The van der Waals surface area contributed by atoms with Gasteiger partial charge in [-0.1, -0.05) is 52.3 Å². The van der Waals surface area contributed by atoms with E-state index in [1.807, 2.05) is 0 Å². The predicted molar refractivity (Wildman–Crippen MR) is 95.0 cm³/mol. The van der Waals surface area contributed by atoms with Crippen LogP contribution in [0.15, 0.2) is 18.2 Å². The summed E-state index contributed by atoms with van der Waals surface area (Å²) in [4.78, 5) is 2.55. The molecule has 120 valence electrons. The molecule has 0 amide bonds. The molecule has 2 N–H and O–H groups in total. The van der Waals surface area contributed by atoms with Crippen molar-refractivity contribution >= 4 is 5.69 Å². The monoisotopic (exact) mass is 290 g/mol. The quantitative estimate of drug-likeness (QED) is 0.769. The lowest BCUT2D eigenvalue weighted by atomic mass is 9.99. The van der Waals surface area contributed by atoms with Crippen molar-refractivity contribution in [1.82, 2.24) is 0 Å². The molecule has 1 unspecified atom stereocenters. The number of hydrogen-bond acceptors (Lipinski definition) is 2. The molecule has 1 aromatic carbocycles. The Morgan fingerprint density at radius 1 is 1.05 bits per heavy atom. The lowest BCUT2D eigenvalue weighted by Crippen LogP contribution is -2.33. The number of nitrogens with zero attached hydrogens (tertiary/aromatic N) is 1. The van der Waals surface area contributed by atoms with Gasteiger partial charge in [-0.15, -0.1) is 0 Å². The van der Waals surface area contributed by atoms with E-state index in [9.17, 15) is 0 Å². The Balaban J connectivity index is 3.09. The summed E-state index contributed by atoms with van der Waals surface area (Å²) < 4.78 is 0. The molecule has 0 aliphatic carbocycles. The van der Waals surface area contributed by atoms with E-state index in [0.29, 0.717) is 11.8 Å². The lowest BCUT2D eigenvalue weighted by molar-refractivity contribution is 0.549. The Bertz CT molecular complexity index is 414. The van der Waals surface area contributed by atoms with Crippen molar-refractivity contribution in [2.45, 2.75) is 60.4 Å². The molecule has 0 saturated heterocycles. The largest absolute Gasteiger partial charge is 0.371 e. The second-order valence-corrected chi connectivity index (χ2v) is 7.20. The van der Waals surface area contributed by atoms with Gasteiger partial charge in [0.2, 0.25) is 0 Å². The minimum atomic E-state index is 0.255. The first kappa shape index (κ1) is 18.0. The topological polar surface area (TPSA) is 29.3 Å². The van der Waals surface area contributed by atoms with Crippen LogP contribution in [-0.4, -0.2) is 19.1 Å². The lowest BCUT2D eigenvalue weighted by Gasteiger charge is -2.31. The van der Waals surface area contributed by atoms with Gasteiger partial charge in [-0.3, -0.25) is 0 Å². The highest BCUT2D eigenvalue weighted by Gasteiger charge is 2.15. The number of anilines is 1. The molecule has 1 atom stereocenters. The summed E-state index contributed by atoms with van der Waals surface area (Å²) in [5.74, 6) is 1.33. The molecule has 0 fully saturated rings. The van der Waals surface area contributed by atoms with Crippen molar-refractivity contribution in [2.75, 3.05) is 18.0 Å². The summed E-state index contributed by atoms with van der Waals surface area (Å²) in [5.41, 5.74) is 10.3. The van der Waals surface area contributed by atoms with E-state index in [1.165, 1.54) is 16.8 Å². The van der Waals surface area contributed by atoms with Gasteiger partial charge < -0.3 is 10.6 Å². The van der Waals surface area contributed by atoms with Gasteiger partial charge in [0.1, 0.15) is 0 Å². The van der Waals surface area contributed by atoms with E-state index in [2.05, 4.69) is 64.6 Å². The molecule has 0 aliphatic heterocycles. The van der Waals surface area contributed by atoms with Gasteiger partial charge in [-0.2, -0.15) is 0 Å². The van der Waals surface area contributed by atoms with Gasteiger partial charge in [0.15, 0.2) is 0 Å². The first-order valence-corrected chi connectivity index (χ1v) is 8.43. The molecular weight excluding hydrogens is 256 g/mol. The fourth-order valence-corrected chi connectivity index (χ4v) is 2.77. The summed E-state index contributed by atoms with van der Waals surface area (Å²) in [6, 6.07) is 7.09. The molecule has 2 nitrogen and oxygen atoms in total. The van der Waals surface area contributed by atoms with Crippen LogP contribution in [0.25, 0.3) is 0 Å². The molecule has 0 aliphatic rings. The number of nitrogens with two attached hydrogens (primary N) is 1. The molecule has 0 heterocycles. The van der Waals surface area contributed by atoms with E-state index >= 15 is 0 Å². The molecule has 0 bridgehead atoms. The van der Waals surface area contributed by atoms with Crippen molar-refractivity contribution in [3.05, 3.63) is 29.3 Å². The zero-order valence-corrected chi connectivity index (χ0v) is 14.8. The van der Waals surface area contributed by atoms with Crippen molar-refractivity contribution in [2.24, 2.45) is 17.6 Å². The van der Waals surface area contributed by atoms with Crippen LogP contribution in [0.3, 0.4) is 0 Å². The zero-order valence-electron chi connectivity index (χ0n) is 14.8. The van der Waals surface area contributed by atoms with Crippen LogP contribution >= 0.6 is 0 Å². The second-order valence-electron chi connectivity index (χ2n) is 7.20. The van der Waals surface area contributed by atoms with E-state index < -0.39 is 0 Å². The summed E-state index contributed by atoms with van der Waals surface area (Å²) in [6.45, 7) is 15.7. The van der Waals surface area contributed by atoms with Gasteiger partial charge in [-0.05, 0) is 43.2 Å². The minimum Gasteiger partial charge on any atom is -0.371 e. The maximum atomic E-state index is 6.21. The molecule has 2 heteroatoms. The number of rotatable bonds is 8. The first-order valence-electron chi connectivity index (χ1n) is 8.43. The van der Waals surface area contributed by atoms with Crippen LogP contribution in [0.4, 0.5) is 5.69 Å². The Kier molecular flexibility index (Phi) is 7.24. The first-order chi connectivity index (χ1) is 9.83. The molecular formula is C19H34N2. The maximum Gasteiger partial charge on any atom is 0.0399 e. The molecule has 0 radical (unpaired) electrons. The van der Waals surface area contributed by atoms with Gasteiger partial charge in [0, 0.05) is 24.8 Å². The minimum absolute atomic E-state index is 0.255. The van der Waals surface area contributed by atoms with E-state index in [0.717, 1.165) is 25.9 Å². The van der Waals surface area contributed by atoms with Crippen molar-refractivity contribution in [3.8, 4) is 0 Å². The highest BCUT2D eigenvalue weighted by molar-refractivity contribution is 5.55. The molecule has 1 aromatic rings. The highest BCUT2D eigenvalue weighted by atomic mass is 15.1. The van der Waals surface area contributed by atoms with Gasteiger partial charge >= 0.3 is 0 Å². The van der Waals surface area contributed by atoms with E-state index in [-0.39, 0.29) is 6.04 Å². The molecule has 0 spiro atoms. The number of benzene rings is 1. The molecule has 0 saturated carbocycles. The van der Waals surface area contributed by atoms with Crippen molar-refractivity contribution in [1.29, 1.82) is 0 Å².